The van der Waals surface area contributed by atoms with Gasteiger partial charge < -0.3 is 0 Å². The van der Waals surface area contributed by atoms with Crippen molar-refractivity contribution < 1.29 is 0 Å². The van der Waals surface area contributed by atoms with Crippen LogP contribution in [-0.2, 0) is 6.42 Å². The minimum absolute atomic E-state index is 0.00565. The zero-order chi connectivity index (χ0) is 13.1. The van der Waals surface area contributed by atoms with Gasteiger partial charge in [0.15, 0.2) is 0 Å². The predicted molar refractivity (Wildman–Crippen MR) is 85.3 cm³/mol. The smallest absolute Gasteiger partial charge is 0.0625 e. The monoisotopic (exact) mass is 386 g/mol. The highest BCUT2D eigenvalue weighted by atomic mass is 79.9. The van der Waals surface area contributed by atoms with E-state index in [4.69, 9.17) is 11.6 Å². The lowest BCUT2D eigenvalue weighted by Gasteiger charge is -2.12. The van der Waals surface area contributed by atoms with E-state index in [-0.39, 0.29) is 5.38 Å². The number of rotatable bonds is 3. The summed E-state index contributed by atoms with van der Waals surface area (Å²) >= 11 is 13.5. The summed E-state index contributed by atoms with van der Waals surface area (Å²) in [5.41, 5.74) is 3.62. The first kappa shape index (κ1) is 14.1. The fourth-order valence-electron chi connectivity index (χ4n) is 1.85. The third-order valence-electron chi connectivity index (χ3n) is 2.85. The zero-order valence-electron chi connectivity index (χ0n) is 9.96. The van der Waals surface area contributed by atoms with Gasteiger partial charge in [0.2, 0.25) is 0 Å². The minimum Gasteiger partial charge on any atom is -0.117 e. The Morgan fingerprint density at radius 1 is 1.11 bits per heavy atom. The van der Waals surface area contributed by atoms with Gasteiger partial charge in [0.1, 0.15) is 0 Å². The van der Waals surface area contributed by atoms with Crippen molar-refractivity contribution in [3.8, 4) is 0 Å². The zero-order valence-corrected chi connectivity index (χ0v) is 13.9. The molecule has 18 heavy (non-hydrogen) atoms. The molecule has 94 valence electrons. The molecular weight excluding hydrogens is 375 g/mol. The fraction of sp³-hybridized carbons (Fsp3) is 0.200. The van der Waals surface area contributed by atoms with Gasteiger partial charge in [0.25, 0.3) is 0 Å². The van der Waals surface area contributed by atoms with Crippen LogP contribution in [0.2, 0.25) is 0 Å². The molecule has 0 radical (unpaired) electrons. The van der Waals surface area contributed by atoms with E-state index in [0.29, 0.717) is 0 Å². The molecule has 0 fully saturated rings. The quantitative estimate of drug-likeness (QED) is 0.562. The van der Waals surface area contributed by atoms with Gasteiger partial charge in [-0.2, -0.15) is 0 Å². The minimum atomic E-state index is 0.00565. The van der Waals surface area contributed by atoms with Crippen molar-refractivity contribution in [2.75, 3.05) is 0 Å². The van der Waals surface area contributed by atoms with E-state index in [0.717, 1.165) is 20.9 Å². The maximum atomic E-state index is 6.49. The standard InChI is InChI=1S/C15H13Br2Cl/c1-10-7-12(5-6-14(10)17)15(18)9-11-3-2-4-13(16)8-11/h2-8,15H,9H2,1H3. The Bertz CT molecular complexity index is 552. The summed E-state index contributed by atoms with van der Waals surface area (Å²) in [6.45, 7) is 2.08. The Morgan fingerprint density at radius 3 is 2.56 bits per heavy atom. The lowest BCUT2D eigenvalue weighted by Crippen LogP contribution is -1.96. The molecule has 2 aromatic rings. The Hall–Kier alpha value is -0.310. The lowest BCUT2D eigenvalue weighted by atomic mass is 10.0. The van der Waals surface area contributed by atoms with Crippen molar-refractivity contribution in [3.05, 3.63) is 68.1 Å². The molecule has 0 nitrogen and oxygen atoms in total. The van der Waals surface area contributed by atoms with Gasteiger partial charge in [-0.05, 0) is 48.2 Å². The van der Waals surface area contributed by atoms with Crippen LogP contribution in [0.25, 0.3) is 0 Å². The molecule has 0 saturated heterocycles. The van der Waals surface area contributed by atoms with E-state index in [1.165, 1.54) is 11.1 Å². The second-order valence-electron chi connectivity index (χ2n) is 4.31. The molecule has 0 amide bonds. The predicted octanol–water partition coefficient (Wildman–Crippen LogP) is 6.04. The molecule has 0 saturated carbocycles. The molecule has 1 atom stereocenters. The highest BCUT2D eigenvalue weighted by Gasteiger charge is 2.10. The summed E-state index contributed by atoms with van der Waals surface area (Å²) in [6.07, 6.45) is 0.835. The van der Waals surface area contributed by atoms with Crippen molar-refractivity contribution in [2.45, 2.75) is 18.7 Å². The van der Waals surface area contributed by atoms with Crippen LogP contribution in [0.3, 0.4) is 0 Å². The molecule has 0 heterocycles. The largest absolute Gasteiger partial charge is 0.117 e. The summed E-state index contributed by atoms with van der Waals surface area (Å²) in [5, 5.41) is 0.00565. The van der Waals surface area contributed by atoms with Crippen LogP contribution < -0.4 is 0 Å². The fourth-order valence-corrected chi connectivity index (χ4v) is 2.86. The van der Waals surface area contributed by atoms with E-state index < -0.39 is 0 Å². The molecule has 0 aliphatic heterocycles. The van der Waals surface area contributed by atoms with Crippen LogP contribution >= 0.6 is 43.5 Å². The summed E-state index contributed by atoms with van der Waals surface area (Å²) in [7, 11) is 0. The number of hydrogen-bond acceptors (Lipinski definition) is 0. The van der Waals surface area contributed by atoms with E-state index in [2.05, 4.69) is 69.1 Å². The van der Waals surface area contributed by atoms with Crippen molar-refractivity contribution in [3.63, 3.8) is 0 Å². The summed E-state index contributed by atoms with van der Waals surface area (Å²) in [5.74, 6) is 0. The average Bonchev–Trinajstić information content (AvgIpc) is 2.32. The molecule has 2 aromatic carbocycles. The van der Waals surface area contributed by atoms with Crippen molar-refractivity contribution in [1.29, 1.82) is 0 Å². The molecule has 0 aliphatic carbocycles. The summed E-state index contributed by atoms with van der Waals surface area (Å²) in [4.78, 5) is 0. The van der Waals surface area contributed by atoms with Crippen molar-refractivity contribution in [2.24, 2.45) is 0 Å². The second kappa shape index (κ2) is 6.23. The second-order valence-corrected chi connectivity index (χ2v) is 6.61. The summed E-state index contributed by atoms with van der Waals surface area (Å²) < 4.78 is 2.22. The van der Waals surface area contributed by atoms with Gasteiger partial charge in [-0.15, -0.1) is 11.6 Å². The Labute approximate surface area is 130 Å². The normalized spacial score (nSPS) is 12.4. The Morgan fingerprint density at radius 2 is 1.89 bits per heavy atom. The van der Waals surface area contributed by atoms with E-state index in [1.54, 1.807) is 0 Å². The number of benzene rings is 2. The maximum absolute atomic E-state index is 6.49. The molecule has 0 aromatic heterocycles. The highest BCUT2D eigenvalue weighted by Crippen LogP contribution is 2.28. The Kier molecular flexibility index (Phi) is 4.88. The molecular formula is C15H13Br2Cl. The van der Waals surface area contributed by atoms with Crippen LogP contribution in [0.15, 0.2) is 51.4 Å². The van der Waals surface area contributed by atoms with Gasteiger partial charge in [0.05, 0.1) is 5.38 Å². The Balaban J connectivity index is 2.16. The number of alkyl halides is 1. The lowest BCUT2D eigenvalue weighted by molar-refractivity contribution is 0.916. The van der Waals surface area contributed by atoms with E-state index in [1.807, 2.05) is 12.1 Å². The maximum Gasteiger partial charge on any atom is 0.0625 e. The molecule has 2 rings (SSSR count). The molecule has 3 heteroatoms. The number of hydrogen-bond donors (Lipinski definition) is 0. The van der Waals surface area contributed by atoms with Crippen LogP contribution in [-0.4, -0.2) is 0 Å². The van der Waals surface area contributed by atoms with Crippen LogP contribution in [0.5, 0.6) is 0 Å². The van der Waals surface area contributed by atoms with Crippen LogP contribution in [0, 0.1) is 6.92 Å². The third-order valence-corrected chi connectivity index (χ3v) is 4.64. The van der Waals surface area contributed by atoms with Crippen LogP contribution in [0.1, 0.15) is 22.1 Å². The first-order chi connectivity index (χ1) is 8.56. The van der Waals surface area contributed by atoms with Crippen molar-refractivity contribution >= 4 is 43.5 Å². The number of halogens is 3. The molecule has 0 aliphatic rings. The topological polar surface area (TPSA) is 0 Å². The van der Waals surface area contributed by atoms with E-state index >= 15 is 0 Å². The van der Waals surface area contributed by atoms with Crippen LogP contribution in [0.4, 0.5) is 0 Å². The molecule has 0 spiro atoms. The van der Waals surface area contributed by atoms with Gasteiger partial charge in [-0.1, -0.05) is 56.1 Å². The first-order valence-corrected chi connectivity index (χ1v) is 7.73. The van der Waals surface area contributed by atoms with E-state index in [9.17, 15) is 0 Å². The SMILES string of the molecule is Cc1cc(C(Cl)Cc2cccc(Br)c2)ccc1Br. The van der Waals surface area contributed by atoms with Gasteiger partial charge >= 0.3 is 0 Å². The number of aryl methyl sites for hydroxylation is 1. The third kappa shape index (κ3) is 3.59. The van der Waals surface area contributed by atoms with Gasteiger partial charge in [-0.25, -0.2) is 0 Å². The summed E-state index contributed by atoms with van der Waals surface area (Å²) in [6, 6.07) is 14.5. The first-order valence-electron chi connectivity index (χ1n) is 5.71. The molecule has 1 unspecified atom stereocenters. The molecule has 0 N–H and O–H groups in total. The molecule has 0 bridgehead atoms. The van der Waals surface area contributed by atoms with Gasteiger partial charge in [0, 0.05) is 8.95 Å². The van der Waals surface area contributed by atoms with Gasteiger partial charge in [-0.3, -0.25) is 0 Å². The van der Waals surface area contributed by atoms with Crippen molar-refractivity contribution in [1.82, 2.24) is 0 Å². The highest BCUT2D eigenvalue weighted by molar-refractivity contribution is 9.10. The average molecular weight is 389 g/mol.